The molecule has 0 amide bonds. The summed E-state index contributed by atoms with van der Waals surface area (Å²) in [5, 5.41) is 6.76. The number of rotatable bonds is 3. The van der Waals surface area contributed by atoms with E-state index in [1.807, 2.05) is 6.92 Å². The van der Waals surface area contributed by atoms with Crippen molar-refractivity contribution in [2.24, 2.45) is 0 Å². The van der Waals surface area contributed by atoms with Crippen LogP contribution in [0.4, 0.5) is 11.9 Å². The van der Waals surface area contributed by atoms with Crippen LogP contribution < -0.4 is 11.1 Å². The molecule has 2 heterocycles. The fraction of sp³-hybridized carbons (Fsp3) is 0.250. The monoisotopic (exact) mass is 240 g/mol. The van der Waals surface area contributed by atoms with Crippen molar-refractivity contribution in [1.29, 1.82) is 0 Å². The predicted octanol–water partition coefficient (Wildman–Crippen LogP) is 1.02. The summed E-state index contributed by atoms with van der Waals surface area (Å²) in [7, 11) is 0. The number of nitrogens with one attached hydrogen (secondary N) is 1. The summed E-state index contributed by atoms with van der Waals surface area (Å²) in [6, 6.07) is 1.80. The Morgan fingerprint density at radius 2 is 2.25 bits per heavy atom. The van der Waals surface area contributed by atoms with Crippen LogP contribution in [0.25, 0.3) is 0 Å². The molecule has 0 aliphatic heterocycles. The Balaban J connectivity index is 2.04. The molecule has 0 spiro atoms. The van der Waals surface area contributed by atoms with Gasteiger partial charge in [0.1, 0.15) is 11.5 Å². The highest BCUT2D eigenvalue weighted by atomic mass is 35.5. The summed E-state index contributed by atoms with van der Waals surface area (Å²) in [6.07, 6.45) is 0. The van der Waals surface area contributed by atoms with Crippen molar-refractivity contribution in [2.45, 2.75) is 13.5 Å². The first-order valence-electron chi connectivity index (χ1n) is 4.46. The van der Waals surface area contributed by atoms with Gasteiger partial charge in [-0.15, -0.1) is 0 Å². The van der Waals surface area contributed by atoms with Gasteiger partial charge in [-0.1, -0.05) is 5.16 Å². The fourth-order valence-electron chi connectivity index (χ4n) is 1.12. The number of nitrogens with two attached hydrogens (primary N) is 1. The lowest BCUT2D eigenvalue weighted by Crippen LogP contribution is -2.07. The van der Waals surface area contributed by atoms with Crippen LogP contribution in [0.15, 0.2) is 10.6 Å². The third-order valence-electron chi connectivity index (χ3n) is 1.73. The van der Waals surface area contributed by atoms with Crippen LogP contribution in [0.1, 0.15) is 11.5 Å². The minimum atomic E-state index is 0.0475. The maximum Gasteiger partial charge on any atom is 0.229 e. The molecule has 0 saturated carbocycles. The lowest BCUT2D eigenvalue weighted by Gasteiger charge is -2.02. The molecular weight excluding hydrogens is 232 g/mol. The van der Waals surface area contributed by atoms with Gasteiger partial charge in [-0.2, -0.15) is 15.0 Å². The van der Waals surface area contributed by atoms with Crippen molar-refractivity contribution in [3.05, 3.63) is 22.8 Å². The standard InChI is InChI=1S/C8H9ClN6O/c1-4-2-5(15-16-4)3-11-8-13-6(9)12-7(10)14-8/h2H,3H2,1H3,(H3,10,11,12,13,14). The Hall–Kier alpha value is -1.89. The number of anilines is 2. The van der Waals surface area contributed by atoms with Crippen LogP contribution in [0.3, 0.4) is 0 Å². The molecule has 2 rings (SSSR count). The van der Waals surface area contributed by atoms with E-state index in [1.54, 1.807) is 6.07 Å². The molecule has 7 nitrogen and oxygen atoms in total. The van der Waals surface area contributed by atoms with Gasteiger partial charge in [-0.05, 0) is 18.5 Å². The first-order chi connectivity index (χ1) is 7.63. The first-order valence-corrected chi connectivity index (χ1v) is 4.84. The normalized spacial score (nSPS) is 10.4. The van der Waals surface area contributed by atoms with E-state index < -0.39 is 0 Å². The van der Waals surface area contributed by atoms with Crippen molar-refractivity contribution < 1.29 is 4.52 Å². The molecule has 0 aliphatic carbocycles. The van der Waals surface area contributed by atoms with Crippen LogP contribution in [-0.4, -0.2) is 20.1 Å². The molecule has 0 radical (unpaired) electrons. The number of aryl methyl sites for hydroxylation is 1. The highest BCUT2D eigenvalue weighted by Crippen LogP contribution is 2.08. The molecule has 84 valence electrons. The lowest BCUT2D eigenvalue weighted by molar-refractivity contribution is 0.391. The second-order valence-electron chi connectivity index (χ2n) is 3.07. The number of halogens is 1. The molecule has 16 heavy (non-hydrogen) atoms. The zero-order valence-corrected chi connectivity index (χ0v) is 9.19. The van der Waals surface area contributed by atoms with Gasteiger partial charge in [0.2, 0.25) is 17.2 Å². The van der Waals surface area contributed by atoms with Crippen LogP contribution >= 0.6 is 11.6 Å². The molecule has 0 saturated heterocycles. The molecule has 0 unspecified atom stereocenters. The number of nitrogen functional groups attached to an aromatic ring is 1. The van der Waals surface area contributed by atoms with Crippen LogP contribution in [-0.2, 0) is 6.54 Å². The number of nitrogens with zero attached hydrogens (tertiary/aromatic N) is 4. The fourth-order valence-corrected chi connectivity index (χ4v) is 1.28. The summed E-state index contributed by atoms with van der Waals surface area (Å²) >= 11 is 5.62. The number of hydrogen-bond acceptors (Lipinski definition) is 7. The minimum absolute atomic E-state index is 0.0475. The summed E-state index contributed by atoms with van der Waals surface area (Å²) < 4.78 is 4.91. The van der Waals surface area contributed by atoms with E-state index in [2.05, 4.69) is 25.4 Å². The Bertz CT molecular complexity index is 479. The molecule has 0 atom stereocenters. The third kappa shape index (κ3) is 2.57. The Kier molecular flexibility index (Phi) is 2.86. The van der Waals surface area contributed by atoms with Crippen LogP contribution in [0.2, 0.25) is 5.28 Å². The maximum absolute atomic E-state index is 5.62. The van der Waals surface area contributed by atoms with Crippen molar-refractivity contribution >= 4 is 23.5 Å². The SMILES string of the molecule is Cc1cc(CNc2nc(N)nc(Cl)n2)no1. The van der Waals surface area contributed by atoms with Crippen molar-refractivity contribution in [1.82, 2.24) is 20.1 Å². The van der Waals surface area contributed by atoms with Crippen LogP contribution in [0, 0.1) is 6.92 Å². The second-order valence-corrected chi connectivity index (χ2v) is 3.41. The summed E-state index contributed by atoms with van der Waals surface area (Å²) in [6.45, 7) is 2.24. The van der Waals surface area contributed by atoms with E-state index in [1.165, 1.54) is 0 Å². The largest absolute Gasteiger partial charge is 0.368 e. The molecule has 0 aromatic carbocycles. The summed E-state index contributed by atoms with van der Waals surface area (Å²) in [5.41, 5.74) is 6.15. The van der Waals surface area contributed by atoms with E-state index in [0.29, 0.717) is 12.5 Å². The minimum Gasteiger partial charge on any atom is -0.368 e. The molecule has 2 aromatic heterocycles. The molecule has 2 aromatic rings. The van der Waals surface area contributed by atoms with Gasteiger partial charge in [-0.25, -0.2) is 0 Å². The van der Waals surface area contributed by atoms with E-state index in [-0.39, 0.29) is 11.2 Å². The van der Waals surface area contributed by atoms with Crippen LogP contribution in [0.5, 0.6) is 0 Å². The Morgan fingerprint density at radius 3 is 2.88 bits per heavy atom. The summed E-state index contributed by atoms with van der Waals surface area (Å²) in [5.74, 6) is 1.11. The predicted molar refractivity (Wildman–Crippen MR) is 57.8 cm³/mol. The third-order valence-corrected chi connectivity index (χ3v) is 1.90. The molecule has 0 bridgehead atoms. The quantitative estimate of drug-likeness (QED) is 0.825. The van der Waals surface area contributed by atoms with Gasteiger partial charge < -0.3 is 15.6 Å². The second kappa shape index (κ2) is 4.31. The van der Waals surface area contributed by atoms with Crippen molar-refractivity contribution in [2.75, 3.05) is 11.1 Å². The zero-order valence-electron chi connectivity index (χ0n) is 8.44. The zero-order chi connectivity index (χ0) is 11.5. The molecule has 0 fully saturated rings. The van der Waals surface area contributed by atoms with Gasteiger partial charge in [0.25, 0.3) is 0 Å². The highest BCUT2D eigenvalue weighted by Gasteiger charge is 2.04. The highest BCUT2D eigenvalue weighted by molar-refractivity contribution is 6.28. The smallest absolute Gasteiger partial charge is 0.229 e. The molecule has 0 aliphatic rings. The van der Waals surface area contributed by atoms with E-state index in [0.717, 1.165) is 11.5 Å². The Labute approximate surface area is 96.0 Å². The number of aromatic nitrogens is 4. The van der Waals surface area contributed by atoms with E-state index in [9.17, 15) is 0 Å². The first kappa shape index (κ1) is 10.6. The average Bonchev–Trinajstić information content (AvgIpc) is 2.60. The van der Waals surface area contributed by atoms with Gasteiger partial charge >= 0.3 is 0 Å². The van der Waals surface area contributed by atoms with Gasteiger partial charge in [0, 0.05) is 6.07 Å². The van der Waals surface area contributed by atoms with Gasteiger partial charge in [0.05, 0.1) is 6.54 Å². The van der Waals surface area contributed by atoms with Gasteiger partial charge in [0.15, 0.2) is 0 Å². The number of hydrogen-bond donors (Lipinski definition) is 2. The van der Waals surface area contributed by atoms with Crippen molar-refractivity contribution in [3.63, 3.8) is 0 Å². The molecular formula is C8H9ClN6O. The van der Waals surface area contributed by atoms with Gasteiger partial charge in [-0.3, -0.25) is 0 Å². The van der Waals surface area contributed by atoms with E-state index in [4.69, 9.17) is 21.9 Å². The molecule has 3 N–H and O–H groups in total. The lowest BCUT2D eigenvalue weighted by atomic mass is 10.4. The summed E-state index contributed by atoms with van der Waals surface area (Å²) in [4.78, 5) is 11.3. The maximum atomic E-state index is 5.62. The van der Waals surface area contributed by atoms with E-state index >= 15 is 0 Å². The molecule has 8 heteroatoms. The topological polar surface area (TPSA) is 103 Å². The van der Waals surface area contributed by atoms with Crippen molar-refractivity contribution in [3.8, 4) is 0 Å². The Morgan fingerprint density at radius 1 is 1.44 bits per heavy atom. The average molecular weight is 241 g/mol.